The number of nitrogens with zero attached hydrogens (tertiary/aromatic N) is 2. The molecule has 0 radical (unpaired) electrons. The van der Waals surface area contributed by atoms with Crippen LogP contribution >= 0.6 is 11.3 Å². The highest BCUT2D eigenvalue weighted by Gasteiger charge is 2.34. The van der Waals surface area contributed by atoms with Gasteiger partial charge in [0.2, 0.25) is 11.8 Å². The van der Waals surface area contributed by atoms with Crippen LogP contribution in [0.3, 0.4) is 0 Å². The van der Waals surface area contributed by atoms with Crippen LogP contribution in [0.15, 0.2) is 30.5 Å². The van der Waals surface area contributed by atoms with Crippen molar-refractivity contribution in [1.29, 1.82) is 0 Å². The van der Waals surface area contributed by atoms with E-state index in [0.29, 0.717) is 24.5 Å². The molecule has 158 valence electrons. The minimum absolute atomic E-state index is 0.0708. The van der Waals surface area contributed by atoms with Crippen molar-refractivity contribution in [2.45, 2.75) is 44.6 Å². The number of thiazole rings is 1. The Morgan fingerprint density at radius 1 is 1.07 bits per heavy atom. The highest BCUT2D eigenvalue weighted by atomic mass is 32.1. The number of amides is 3. The van der Waals surface area contributed by atoms with E-state index in [1.54, 1.807) is 6.20 Å². The van der Waals surface area contributed by atoms with E-state index in [1.807, 2.05) is 24.3 Å². The summed E-state index contributed by atoms with van der Waals surface area (Å²) < 4.78 is 0. The summed E-state index contributed by atoms with van der Waals surface area (Å²) in [6, 6.07) is 6.88. The largest absolute Gasteiger partial charge is 0.465 e. The Hall–Kier alpha value is -2.94. The Balaban J connectivity index is 1.42. The summed E-state index contributed by atoms with van der Waals surface area (Å²) in [6.07, 6.45) is 5.89. The van der Waals surface area contributed by atoms with Gasteiger partial charge in [0.05, 0.1) is 4.88 Å². The second-order valence-electron chi connectivity index (χ2n) is 7.70. The maximum Gasteiger partial charge on any atom is 0.407 e. The van der Waals surface area contributed by atoms with E-state index in [-0.39, 0.29) is 17.7 Å². The van der Waals surface area contributed by atoms with Crippen LogP contribution in [0, 0.1) is 5.92 Å². The Morgan fingerprint density at radius 2 is 1.87 bits per heavy atom. The van der Waals surface area contributed by atoms with Crippen LogP contribution in [-0.2, 0) is 9.59 Å². The summed E-state index contributed by atoms with van der Waals surface area (Å²) in [5.41, 5.74) is 1.64. The quantitative estimate of drug-likeness (QED) is 0.666. The normalized spacial score (nSPS) is 19.1. The summed E-state index contributed by atoms with van der Waals surface area (Å²) in [5.74, 6) is -0.185. The number of carbonyl (C=O) groups excluding carboxylic acids is 2. The fourth-order valence-electron chi connectivity index (χ4n) is 4.10. The van der Waals surface area contributed by atoms with Gasteiger partial charge < -0.3 is 15.7 Å². The smallest absolute Gasteiger partial charge is 0.407 e. The van der Waals surface area contributed by atoms with Gasteiger partial charge in [0.1, 0.15) is 6.04 Å². The second-order valence-corrected chi connectivity index (χ2v) is 8.73. The number of carbonyl (C=O) groups is 3. The predicted octanol–water partition coefficient (Wildman–Crippen LogP) is 4.02. The van der Waals surface area contributed by atoms with Crippen LogP contribution in [0.25, 0.3) is 10.4 Å². The third kappa shape index (κ3) is 4.46. The van der Waals surface area contributed by atoms with Gasteiger partial charge in [-0.25, -0.2) is 9.78 Å². The van der Waals surface area contributed by atoms with E-state index in [9.17, 15) is 19.5 Å². The molecule has 1 aromatic heterocycles. The number of aromatic nitrogens is 1. The van der Waals surface area contributed by atoms with Crippen molar-refractivity contribution in [3.8, 4) is 10.4 Å². The molecule has 2 aromatic rings. The highest BCUT2D eigenvalue weighted by molar-refractivity contribution is 7.19. The van der Waals surface area contributed by atoms with Gasteiger partial charge in [0.25, 0.3) is 0 Å². The summed E-state index contributed by atoms with van der Waals surface area (Å²) in [7, 11) is 0. The summed E-state index contributed by atoms with van der Waals surface area (Å²) in [4.78, 5) is 42.4. The number of nitrogens with one attached hydrogen (secondary N) is 2. The molecule has 3 N–H and O–H groups in total. The highest BCUT2D eigenvalue weighted by Crippen LogP contribution is 2.32. The summed E-state index contributed by atoms with van der Waals surface area (Å²) in [6.45, 7) is 0.371. The number of hydrogen-bond donors (Lipinski definition) is 3. The third-order valence-corrected chi connectivity index (χ3v) is 6.64. The fourth-order valence-corrected chi connectivity index (χ4v) is 4.92. The Labute approximate surface area is 178 Å². The molecule has 0 bridgehead atoms. The van der Waals surface area contributed by atoms with Gasteiger partial charge in [-0.1, -0.05) is 36.3 Å². The molecule has 9 heteroatoms. The topological polar surface area (TPSA) is 112 Å². The zero-order valence-corrected chi connectivity index (χ0v) is 17.3. The molecule has 1 unspecified atom stereocenters. The second kappa shape index (κ2) is 8.83. The van der Waals surface area contributed by atoms with Crippen molar-refractivity contribution in [2.24, 2.45) is 5.92 Å². The van der Waals surface area contributed by atoms with Crippen LogP contribution in [0.1, 0.15) is 38.5 Å². The Bertz CT molecular complexity index is 954. The lowest BCUT2D eigenvalue weighted by Gasteiger charge is -2.19. The van der Waals surface area contributed by atoms with Gasteiger partial charge in [-0.15, -0.1) is 0 Å². The van der Waals surface area contributed by atoms with Crippen molar-refractivity contribution in [1.82, 2.24) is 9.88 Å². The Kier molecular flexibility index (Phi) is 5.98. The lowest BCUT2D eigenvalue weighted by atomic mass is 10.1. The van der Waals surface area contributed by atoms with E-state index in [2.05, 4.69) is 15.6 Å². The first kappa shape index (κ1) is 20.3. The lowest BCUT2D eigenvalue weighted by molar-refractivity contribution is -0.120. The molecular weight excluding hydrogens is 404 g/mol. The average molecular weight is 429 g/mol. The van der Waals surface area contributed by atoms with Crippen molar-refractivity contribution in [3.63, 3.8) is 0 Å². The van der Waals surface area contributed by atoms with Crippen LogP contribution < -0.4 is 10.6 Å². The molecule has 8 nitrogen and oxygen atoms in total. The molecule has 1 aliphatic heterocycles. The van der Waals surface area contributed by atoms with Crippen LogP contribution in [0.2, 0.25) is 0 Å². The zero-order chi connectivity index (χ0) is 21.1. The average Bonchev–Trinajstić information content (AvgIpc) is 3.48. The molecule has 0 spiro atoms. The summed E-state index contributed by atoms with van der Waals surface area (Å²) in [5, 5.41) is 15.4. The molecule has 2 fully saturated rings. The van der Waals surface area contributed by atoms with Crippen molar-refractivity contribution < 1.29 is 19.5 Å². The summed E-state index contributed by atoms with van der Waals surface area (Å²) >= 11 is 1.31. The standard InChI is InChI=1S/C21H24N4O4S/c26-18(13-5-1-2-6-13)23-15-8-3-7-14(11-15)17-12-22-20(30-17)24-19(27)16-9-4-10-25(16)21(28)29/h3,7-8,11-13,16H,1-2,4-6,9-10H2,(H,23,26)(H,28,29)(H,22,24,27). The van der Waals surface area contributed by atoms with Crippen molar-refractivity contribution in [3.05, 3.63) is 30.5 Å². The number of anilines is 2. The molecule has 2 aliphatic rings. The maximum atomic E-state index is 12.5. The molecule has 1 aromatic carbocycles. The lowest BCUT2D eigenvalue weighted by Crippen LogP contribution is -2.42. The molecule has 30 heavy (non-hydrogen) atoms. The van der Waals surface area contributed by atoms with Crippen LogP contribution in [-0.4, -0.2) is 45.5 Å². The van der Waals surface area contributed by atoms with E-state index in [0.717, 1.165) is 41.8 Å². The minimum Gasteiger partial charge on any atom is -0.465 e. The molecule has 3 amide bonds. The van der Waals surface area contributed by atoms with E-state index in [4.69, 9.17) is 0 Å². The zero-order valence-electron chi connectivity index (χ0n) is 16.5. The fraction of sp³-hybridized carbons (Fsp3) is 0.429. The van der Waals surface area contributed by atoms with Crippen LogP contribution in [0.5, 0.6) is 0 Å². The van der Waals surface area contributed by atoms with Gasteiger partial charge in [-0.3, -0.25) is 14.5 Å². The van der Waals surface area contributed by atoms with Gasteiger partial charge in [0.15, 0.2) is 5.13 Å². The van der Waals surface area contributed by atoms with Gasteiger partial charge in [-0.2, -0.15) is 0 Å². The molecule has 1 saturated carbocycles. The molecule has 1 aliphatic carbocycles. The van der Waals surface area contributed by atoms with Crippen molar-refractivity contribution in [2.75, 3.05) is 17.2 Å². The SMILES string of the molecule is O=C(Nc1cccc(-c2cnc(NC(=O)C3CCCN3C(=O)O)s2)c1)C1CCCC1. The number of hydrogen-bond acceptors (Lipinski definition) is 5. The van der Waals surface area contributed by atoms with E-state index in [1.165, 1.54) is 16.2 Å². The molecule has 4 rings (SSSR count). The monoisotopic (exact) mass is 428 g/mol. The number of rotatable bonds is 5. The Morgan fingerprint density at radius 3 is 2.63 bits per heavy atom. The molecule has 1 atom stereocenters. The van der Waals surface area contributed by atoms with Gasteiger partial charge >= 0.3 is 6.09 Å². The van der Waals surface area contributed by atoms with Gasteiger partial charge in [-0.05, 0) is 43.4 Å². The van der Waals surface area contributed by atoms with E-state index < -0.39 is 12.1 Å². The first-order valence-corrected chi connectivity index (χ1v) is 11.0. The number of carboxylic acid groups (broad SMARTS) is 1. The van der Waals surface area contributed by atoms with Crippen LogP contribution in [0.4, 0.5) is 15.6 Å². The predicted molar refractivity (Wildman–Crippen MR) is 115 cm³/mol. The number of likely N-dealkylation sites (tertiary alicyclic amines) is 1. The third-order valence-electron chi connectivity index (χ3n) is 5.68. The van der Waals surface area contributed by atoms with E-state index >= 15 is 0 Å². The van der Waals surface area contributed by atoms with Gasteiger partial charge in [0, 0.05) is 24.3 Å². The van der Waals surface area contributed by atoms with Crippen molar-refractivity contribution >= 4 is 40.1 Å². The first-order chi connectivity index (χ1) is 14.5. The molecule has 2 heterocycles. The number of benzene rings is 1. The minimum atomic E-state index is -1.08. The molecule has 1 saturated heterocycles. The maximum absolute atomic E-state index is 12.5. The molecular formula is C21H24N4O4S. The first-order valence-electron chi connectivity index (χ1n) is 10.2.